The number of thiazole rings is 1. The van der Waals surface area contributed by atoms with Crippen molar-refractivity contribution in [1.29, 1.82) is 0 Å². The molecule has 5 heteroatoms. The Balaban J connectivity index is 2.22. The SMILES string of the molecule is COc1cccc(CC(=O)c2csc(C)n2)c1F. The van der Waals surface area contributed by atoms with E-state index in [1.807, 2.05) is 6.92 Å². The van der Waals surface area contributed by atoms with Gasteiger partial charge in [0.1, 0.15) is 5.69 Å². The highest BCUT2D eigenvalue weighted by molar-refractivity contribution is 7.09. The molecule has 2 rings (SSSR count). The van der Waals surface area contributed by atoms with Gasteiger partial charge in [-0.05, 0) is 18.6 Å². The fraction of sp³-hybridized carbons (Fsp3) is 0.231. The normalized spacial score (nSPS) is 10.4. The number of benzene rings is 1. The number of rotatable bonds is 4. The maximum atomic E-state index is 13.9. The number of halogens is 1. The first kappa shape index (κ1) is 12.7. The second kappa shape index (κ2) is 5.27. The van der Waals surface area contributed by atoms with Crippen molar-refractivity contribution >= 4 is 17.1 Å². The summed E-state index contributed by atoms with van der Waals surface area (Å²) in [4.78, 5) is 16.0. The zero-order valence-corrected chi connectivity index (χ0v) is 10.9. The third kappa shape index (κ3) is 2.56. The summed E-state index contributed by atoms with van der Waals surface area (Å²) in [6.45, 7) is 1.83. The van der Waals surface area contributed by atoms with Crippen molar-refractivity contribution in [2.24, 2.45) is 0 Å². The van der Waals surface area contributed by atoms with Crippen LogP contribution in [0.25, 0.3) is 0 Å². The predicted molar refractivity (Wildman–Crippen MR) is 67.8 cm³/mol. The van der Waals surface area contributed by atoms with Crippen molar-refractivity contribution in [2.45, 2.75) is 13.3 Å². The first-order valence-corrected chi connectivity index (χ1v) is 6.26. The van der Waals surface area contributed by atoms with Gasteiger partial charge in [0.2, 0.25) is 0 Å². The lowest BCUT2D eigenvalue weighted by atomic mass is 10.1. The fourth-order valence-corrected chi connectivity index (χ4v) is 2.22. The summed E-state index contributed by atoms with van der Waals surface area (Å²) in [6.07, 6.45) is -0.00773. The van der Waals surface area contributed by atoms with E-state index in [-0.39, 0.29) is 18.0 Å². The van der Waals surface area contributed by atoms with E-state index in [2.05, 4.69) is 4.98 Å². The number of nitrogens with zero attached hydrogens (tertiary/aromatic N) is 1. The molecule has 0 fully saturated rings. The van der Waals surface area contributed by atoms with E-state index >= 15 is 0 Å². The maximum Gasteiger partial charge on any atom is 0.186 e. The van der Waals surface area contributed by atoms with Gasteiger partial charge in [-0.25, -0.2) is 9.37 Å². The number of carbonyl (C=O) groups is 1. The Morgan fingerprint density at radius 3 is 2.89 bits per heavy atom. The minimum Gasteiger partial charge on any atom is -0.494 e. The zero-order chi connectivity index (χ0) is 13.1. The summed E-state index contributed by atoms with van der Waals surface area (Å²) in [6, 6.07) is 4.77. The molecule has 0 unspecified atom stereocenters. The van der Waals surface area contributed by atoms with Gasteiger partial charge < -0.3 is 4.74 Å². The Kier molecular flexibility index (Phi) is 3.72. The molecule has 0 saturated heterocycles. The van der Waals surface area contributed by atoms with Crippen LogP contribution in [0.3, 0.4) is 0 Å². The highest BCUT2D eigenvalue weighted by Gasteiger charge is 2.15. The standard InChI is InChI=1S/C13H12FNO2S/c1-8-15-10(7-18-8)11(16)6-9-4-3-5-12(17-2)13(9)14/h3-5,7H,6H2,1-2H3. The molecule has 18 heavy (non-hydrogen) atoms. The van der Waals surface area contributed by atoms with E-state index in [4.69, 9.17) is 4.74 Å². The first-order valence-electron chi connectivity index (χ1n) is 5.38. The summed E-state index contributed by atoms with van der Waals surface area (Å²) < 4.78 is 18.7. The molecule has 0 spiro atoms. The summed E-state index contributed by atoms with van der Waals surface area (Å²) in [5.74, 6) is -0.526. The predicted octanol–water partition coefficient (Wildman–Crippen LogP) is 3.02. The van der Waals surface area contributed by atoms with Gasteiger partial charge in [0.15, 0.2) is 17.3 Å². The van der Waals surface area contributed by atoms with Gasteiger partial charge in [0.05, 0.1) is 12.1 Å². The lowest BCUT2D eigenvalue weighted by Crippen LogP contribution is -2.06. The van der Waals surface area contributed by atoms with Crippen LogP contribution in [0.1, 0.15) is 21.1 Å². The van der Waals surface area contributed by atoms with Gasteiger partial charge >= 0.3 is 0 Å². The van der Waals surface area contributed by atoms with Crippen LogP contribution in [0.2, 0.25) is 0 Å². The third-order valence-corrected chi connectivity index (χ3v) is 3.29. The molecule has 3 nitrogen and oxygen atoms in total. The molecule has 2 aromatic rings. The molecule has 0 radical (unpaired) electrons. The smallest absolute Gasteiger partial charge is 0.186 e. The summed E-state index contributed by atoms with van der Waals surface area (Å²) in [5, 5.41) is 2.51. The van der Waals surface area contributed by atoms with Crippen LogP contribution in [0.5, 0.6) is 5.75 Å². The molecule has 0 saturated carbocycles. The maximum absolute atomic E-state index is 13.9. The molecule has 1 aromatic heterocycles. The third-order valence-electron chi connectivity index (χ3n) is 2.52. The van der Waals surface area contributed by atoms with E-state index < -0.39 is 5.82 Å². The summed E-state index contributed by atoms with van der Waals surface area (Å²) in [7, 11) is 1.40. The van der Waals surface area contributed by atoms with Crippen LogP contribution in [0.15, 0.2) is 23.6 Å². The largest absolute Gasteiger partial charge is 0.494 e. The average Bonchev–Trinajstić information content (AvgIpc) is 2.78. The molecule has 0 bridgehead atoms. The van der Waals surface area contributed by atoms with E-state index in [1.54, 1.807) is 17.5 Å². The van der Waals surface area contributed by atoms with Crippen molar-refractivity contribution in [3.05, 3.63) is 45.7 Å². The zero-order valence-electron chi connectivity index (χ0n) is 10.1. The van der Waals surface area contributed by atoms with E-state index in [0.29, 0.717) is 11.3 Å². The number of ketones is 1. The Bertz CT molecular complexity index is 580. The summed E-state index contributed by atoms with van der Waals surface area (Å²) in [5.41, 5.74) is 0.713. The van der Waals surface area contributed by atoms with Crippen LogP contribution >= 0.6 is 11.3 Å². The Morgan fingerprint density at radius 1 is 1.50 bits per heavy atom. The molecule has 0 aliphatic rings. The highest BCUT2D eigenvalue weighted by Crippen LogP contribution is 2.21. The number of ether oxygens (including phenoxy) is 1. The molecule has 1 heterocycles. The fourth-order valence-electron chi connectivity index (χ4n) is 1.61. The number of hydrogen-bond acceptors (Lipinski definition) is 4. The number of methoxy groups -OCH3 is 1. The topological polar surface area (TPSA) is 39.2 Å². The van der Waals surface area contributed by atoms with Crippen LogP contribution in [-0.4, -0.2) is 17.9 Å². The number of hydrogen-bond donors (Lipinski definition) is 0. The second-order valence-electron chi connectivity index (χ2n) is 3.79. The minimum atomic E-state index is -0.486. The van der Waals surface area contributed by atoms with Crippen molar-refractivity contribution in [3.63, 3.8) is 0 Å². The van der Waals surface area contributed by atoms with Crippen LogP contribution in [0.4, 0.5) is 4.39 Å². The van der Waals surface area contributed by atoms with Crippen LogP contribution in [0, 0.1) is 12.7 Å². The quantitative estimate of drug-likeness (QED) is 0.798. The number of carbonyl (C=O) groups excluding carboxylic acids is 1. The Morgan fingerprint density at radius 2 is 2.28 bits per heavy atom. The first-order chi connectivity index (χ1) is 8.61. The lowest BCUT2D eigenvalue weighted by Gasteiger charge is -2.05. The van der Waals surface area contributed by atoms with Gasteiger partial charge in [-0.15, -0.1) is 11.3 Å². The Labute approximate surface area is 108 Å². The number of aryl methyl sites for hydroxylation is 1. The minimum absolute atomic E-state index is 0.00773. The Hall–Kier alpha value is -1.75. The van der Waals surface area contributed by atoms with Gasteiger partial charge in [-0.1, -0.05) is 12.1 Å². The molecule has 1 aromatic carbocycles. The van der Waals surface area contributed by atoms with Crippen molar-refractivity contribution in [2.75, 3.05) is 7.11 Å². The highest BCUT2D eigenvalue weighted by atomic mass is 32.1. The van der Waals surface area contributed by atoms with E-state index in [0.717, 1.165) is 5.01 Å². The van der Waals surface area contributed by atoms with Crippen molar-refractivity contribution < 1.29 is 13.9 Å². The summed E-state index contributed by atoms with van der Waals surface area (Å²) >= 11 is 1.40. The lowest BCUT2D eigenvalue weighted by molar-refractivity contribution is 0.0987. The molecule has 0 amide bonds. The molecule has 0 aliphatic heterocycles. The van der Waals surface area contributed by atoms with Gasteiger partial charge in [-0.2, -0.15) is 0 Å². The van der Waals surface area contributed by atoms with Crippen LogP contribution < -0.4 is 4.74 Å². The molecular weight excluding hydrogens is 253 g/mol. The van der Waals surface area contributed by atoms with Gasteiger partial charge in [-0.3, -0.25) is 4.79 Å². The second-order valence-corrected chi connectivity index (χ2v) is 4.85. The van der Waals surface area contributed by atoms with E-state index in [9.17, 15) is 9.18 Å². The van der Waals surface area contributed by atoms with Crippen molar-refractivity contribution in [1.82, 2.24) is 4.98 Å². The molecule has 0 atom stereocenters. The van der Waals surface area contributed by atoms with Crippen LogP contribution in [-0.2, 0) is 6.42 Å². The monoisotopic (exact) mass is 265 g/mol. The number of Topliss-reactive ketones (excluding diaryl/α,β-unsaturated/α-hetero) is 1. The average molecular weight is 265 g/mol. The van der Waals surface area contributed by atoms with Crippen molar-refractivity contribution in [3.8, 4) is 5.75 Å². The molecule has 0 aliphatic carbocycles. The molecular formula is C13H12FNO2S. The van der Waals surface area contributed by atoms with E-state index in [1.165, 1.54) is 24.5 Å². The van der Waals surface area contributed by atoms with Gasteiger partial charge in [0, 0.05) is 11.8 Å². The molecule has 0 N–H and O–H groups in total. The molecule has 94 valence electrons. The van der Waals surface area contributed by atoms with Gasteiger partial charge in [0.25, 0.3) is 0 Å². The number of aromatic nitrogens is 1.